The zero-order valence-corrected chi connectivity index (χ0v) is 9.49. The maximum Gasteiger partial charge on any atom is 0.0688 e. The quantitative estimate of drug-likeness (QED) is 0.811. The Morgan fingerprint density at radius 3 is 2.80 bits per heavy atom. The van der Waals surface area contributed by atoms with Crippen LogP contribution in [0.2, 0.25) is 0 Å². The number of aryl methyl sites for hydroxylation is 2. The fourth-order valence-electron chi connectivity index (χ4n) is 1.86. The molecule has 2 rings (SSSR count). The maximum atomic E-state index is 5.80. The first-order valence-corrected chi connectivity index (χ1v) is 5.27. The monoisotopic (exact) mass is 203 g/mol. The van der Waals surface area contributed by atoms with Gasteiger partial charge in [-0.2, -0.15) is 5.10 Å². The van der Waals surface area contributed by atoms with Crippen molar-refractivity contribution in [3.05, 3.63) is 29.5 Å². The molecule has 0 aliphatic rings. The molecule has 1 aromatic carbocycles. The van der Waals surface area contributed by atoms with E-state index in [9.17, 15) is 0 Å². The summed E-state index contributed by atoms with van der Waals surface area (Å²) in [5, 5.41) is 5.73. The van der Waals surface area contributed by atoms with E-state index in [1.54, 1.807) is 0 Å². The van der Waals surface area contributed by atoms with Crippen molar-refractivity contribution in [1.29, 1.82) is 0 Å². The van der Waals surface area contributed by atoms with Gasteiger partial charge in [0.05, 0.1) is 17.8 Å². The van der Waals surface area contributed by atoms with Crippen molar-refractivity contribution in [1.82, 2.24) is 9.78 Å². The third kappa shape index (κ3) is 1.88. The Bertz CT molecular complexity index is 483. The Kier molecular flexibility index (Phi) is 2.49. The Balaban J connectivity index is 2.59. The lowest BCUT2D eigenvalue weighted by atomic mass is 10.1. The molecule has 0 fully saturated rings. The second-order valence-electron chi connectivity index (χ2n) is 4.27. The number of hydrogen-bond donors (Lipinski definition) is 1. The topological polar surface area (TPSA) is 43.8 Å². The van der Waals surface area contributed by atoms with Gasteiger partial charge in [-0.3, -0.25) is 4.68 Å². The molecule has 0 bridgehead atoms. The summed E-state index contributed by atoms with van der Waals surface area (Å²) in [4.78, 5) is 0. The average Bonchev–Trinajstić information content (AvgIpc) is 2.42. The first kappa shape index (κ1) is 10.2. The van der Waals surface area contributed by atoms with Gasteiger partial charge in [0.1, 0.15) is 0 Å². The smallest absolute Gasteiger partial charge is 0.0688 e. The largest absolute Gasteiger partial charge is 0.326 e. The number of aromatic nitrogens is 2. The van der Waals surface area contributed by atoms with Crippen molar-refractivity contribution in [2.75, 3.05) is 0 Å². The van der Waals surface area contributed by atoms with E-state index in [2.05, 4.69) is 30.2 Å². The fourth-order valence-corrected chi connectivity index (χ4v) is 1.86. The number of hydrogen-bond acceptors (Lipinski definition) is 2. The maximum absolute atomic E-state index is 5.80. The third-order valence-electron chi connectivity index (χ3n) is 2.55. The zero-order valence-electron chi connectivity index (χ0n) is 9.49. The summed E-state index contributed by atoms with van der Waals surface area (Å²) in [6, 6.07) is 6.54. The Hall–Kier alpha value is -1.35. The van der Waals surface area contributed by atoms with Crippen molar-refractivity contribution < 1.29 is 0 Å². The van der Waals surface area contributed by atoms with E-state index >= 15 is 0 Å². The lowest BCUT2D eigenvalue weighted by Gasteiger charge is -2.06. The van der Waals surface area contributed by atoms with Crippen LogP contribution in [0, 0.1) is 13.8 Å². The van der Waals surface area contributed by atoms with E-state index in [0.717, 1.165) is 12.2 Å². The molecule has 2 N–H and O–H groups in total. The van der Waals surface area contributed by atoms with Gasteiger partial charge >= 0.3 is 0 Å². The fraction of sp³-hybridized carbons (Fsp3) is 0.417. The Morgan fingerprint density at radius 1 is 1.40 bits per heavy atom. The van der Waals surface area contributed by atoms with Crippen molar-refractivity contribution in [3.63, 3.8) is 0 Å². The molecule has 0 saturated heterocycles. The molecule has 1 atom stereocenters. The molecular weight excluding hydrogens is 186 g/mol. The van der Waals surface area contributed by atoms with Crippen molar-refractivity contribution in [3.8, 4) is 0 Å². The summed E-state index contributed by atoms with van der Waals surface area (Å²) in [6.07, 6.45) is 0. The van der Waals surface area contributed by atoms with E-state index in [0.29, 0.717) is 0 Å². The number of fused-ring (bicyclic) bond motifs is 1. The molecule has 1 unspecified atom stereocenters. The minimum atomic E-state index is 0.132. The van der Waals surface area contributed by atoms with Gasteiger partial charge < -0.3 is 5.73 Å². The van der Waals surface area contributed by atoms with Crippen LogP contribution in [0.15, 0.2) is 18.2 Å². The highest BCUT2D eigenvalue weighted by Gasteiger charge is 2.08. The molecule has 0 spiro atoms. The lowest BCUT2D eigenvalue weighted by molar-refractivity contribution is 0.550. The van der Waals surface area contributed by atoms with Gasteiger partial charge in [-0.25, -0.2) is 0 Å². The summed E-state index contributed by atoms with van der Waals surface area (Å²) in [7, 11) is 0. The van der Waals surface area contributed by atoms with Crippen LogP contribution >= 0.6 is 0 Å². The summed E-state index contributed by atoms with van der Waals surface area (Å²) < 4.78 is 2.00. The molecular formula is C12H17N3. The molecule has 0 aliphatic heterocycles. The molecule has 3 heteroatoms. The van der Waals surface area contributed by atoms with Gasteiger partial charge in [-0.1, -0.05) is 12.1 Å². The van der Waals surface area contributed by atoms with Crippen LogP contribution < -0.4 is 5.73 Å². The molecule has 15 heavy (non-hydrogen) atoms. The molecule has 0 amide bonds. The predicted octanol–water partition coefficient (Wildman–Crippen LogP) is 2.00. The van der Waals surface area contributed by atoms with Crippen molar-refractivity contribution in [2.24, 2.45) is 5.73 Å². The number of rotatable bonds is 2. The minimum Gasteiger partial charge on any atom is -0.326 e. The highest BCUT2D eigenvalue weighted by atomic mass is 15.3. The average molecular weight is 203 g/mol. The SMILES string of the molecule is Cc1ccc2c(C)nn(CC(C)N)c2c1. The number of benzene rings is 1. The molecule has 0 aliphatic carbocycles. The van der Waals surface area contributed by atoms with Gasteiger partial charge in [0, 0.05) is 11.4 Å². The second kappa shape index (κ2) is 3.66. The van der Waals surface area contributed by atoms with Gasteiger partial charge in [-0.05, 0) is 32.4 Å². The van der Waals surface area contributed by atoms with Crippen LogP contribution in [0.4, 0.5) is 0 Å². The normalized spacial score (nSPS) is 13.3. The van der Waals surface area contributed by atoms with E-state index in [1.807, 2.05) is 18.5 Å². The van der Waals surface area contributed by atoms with Crippen LogP contribution in [0.25, 0.3) is 10.9 Å². The molecule has 0 saturated carbocycles. The Morgan fingerprint density at radius 2 is 2.13 bits per heavy atom. The standard InChI is InChI=1S/C12H17N3/c1-8-4-5-11-10(3)14-15(7-9(2)13)12(11)6-8/h4-6,9H,7,13H2,1-3H3. The number of nitrogens with two attached hydrogens (primary N) is 1. The van der Waals surface area contributed by atoms with Crippen LogP contribution in [-0.2, 0) is 6.54 Å². The van der Waals surface area contributed by atoms with Gasteiger partial charge in [-0.15, -0.1) is 0 Å². The van der Waals surface area contributed by atoms with Crippen LogP contribution in [0.3, 0.4) is 0 Å². The van der Waals surface area contributed by atoms with Crippen LogP contribution in [0.5, 0.6) is 0 Å². The van der Waals surface area contributed by atoms with Gasteiger partial charge in [0.15, 0.2) is 0 Å². The van der Waals surface area contributed by atoms with E-state index in [1.165, 1.54) is 16.5 Å². The summed E-state index contributed by atoms with van der Waals surface area (Å²) >= 11 is 0. The van der Waals surface area contributed by atoms with Gasteiger partial charge in [0.25, 0.3) is 0 Å². The highest BCUT2D eigenvalue weighted by Crippen LogP contribution is 2.19. The van der Waals surface area contributed by atoms with Gasteiger partial charge in [0.2, 0.25) is 0 Å². The molecule has 80 valence electrons. The van der Waals surface area contributed by atoms with E-state index in [-0.39, 0.29) is 6.04 Å². The third-order valence-corrected chi connectivity index (χ3v) is 2.55. The summed E-state index contributed by atoms with van der Waals surface area (Å²) in [5.74, 6) is 0. The van der Waals surface area contributed by atoms with Crippen molar-refractivity contribution in [2.45, 2.75) is 33.4 Å². The minimum absolute atomic E-state index is 0.132. The molecule has 3 nitrogen and oxygen atoms in total. The van der Waals surface area contributed by atoms with E-state index < -0.39 is 0 Å². The second-order valence-corrected chi connectivity index (χ2v) is 4.27. The molecule has 0 radical (unpaired) electrons. The first-order chi connectivity index (χ1) is 7.08. The molecule has 2 aromatic rings. The Labute approximate surface area is 89.9 Å². The van der Waals surface area contributed by atoms with Crippen LogP contribution in [0.1, 0.15) is 18.2 Å². The van der Waals surface area contributed by atoms with Crippen molar-refractivity contribution >= 4 is 10.9 Å². The number of nitrogens with zero attached hydrogens (tertiary/aromatic N) is 2. The zero-order chi connectivity index (χ0) is 11.0. The lowest BCUT2D eigenvalue weighted by Crippen LogP contribution is -2.22. The summed E-state index contributed by atoms with van der Waals surface area (Å²) in [6.45, 7) is 6.90. The molecule has 1 aromatic heterocycles. The molecule has 1 heterocycles. The van der Waals surface area contributed by atoms with Crippen LogP contribution in [-0.4, -0.2) is 15.8 Å². The predicted molar refractivity (Wildman–Crippen MR) is 62.9 cm³/mol. The first-order valence-electron chi connectivity index (χ1n) is 5.27. The highest BCUT2D eigenvalue weighted by molar-refractivity contribution is 5.82. The van der Waals surface area contributed by atoms with E-state index in [4.69, 9.17) is 5.73 Å². The summed E-state index contributed by atoms with van der Waals surface area (Å²) in [5.41, 5.74) is 9.32.